The fourth-order valence-electron chi connectivity index (χ4n) is 4.08. The van der Waals surface area contributed by atoms with Crippen LogP contribution in [0.4, 0.5) is 11.4 Å². The number of amides is 2. The quantitative estimate of drug-likeness (QED) is 0.845. The Bertz CT molecular complexity index is 874. The molecular weight excluding hydrogens is 378 g/mol. The van der Waals surface area contributed by atoms with E-state index >= 15 is 0 Å². The minimum absolute atomic E-state index is 0.00219. The first-order chi connectivity index (χ1) is 14.6. The van der Waals surface area contributed by atoms with Gasteiger partial charge in [-0.1, -0.05) is 17.7 Å². The van der Waals surface area contributed by atoms with Gasteiger partial charge in [-0.2, -0.15) is 0 Å². The molecule has 0 aromatic heterocycles. The highest BCUT2D eigenvalue weighted by Gasteiger charge is 2.29. The molecule has 158 valence electrons. The third-order valence-electron chi connectivity index (χ3n) is 5.89. The maximum absolute atomic E-state index is 12.8. The van der Waals surface area contributed by atoms with Gasteiger partial charge in [-0.3, -0.25) is 9.59 Å². The predicted octanol–water partition coefficient (Wildman–Crippen LogP) is 3.32. The molecule has 2 aliphatic heterocycles. The Kier molecular flexibility index (Phi) is 6.33. The second-order valence-corrected chi connectivity index (χ2v) is 8.09. The van der Waals surface area contributed by atoms with Gasteiger partial charge >= 0.3 is 0 Å². The fourth-order valence-corrected chi connectivity index (χ4v) is 4.08. The summed E-state index contributed by atoms with van der Waals surface area (Å²) < 4.78 is 5.40. The molecule has 2 amide bonds. The summed E-state index contributed by atoms with van der Waals surface area (Å²) in [5, 5.41) is 3.03. The lowest BCUT2D eigenvalue weighted by Gasteiger charge is -2.32. The van der Waals surface area contributed by atoms with Gasteiger partial charge in [0, 0.05) is 43.1 Å². The highest BCUT2D eigenvalue weighted by Crippen LogP contribution is 2.23. The van der Waals surface area contributed by atoms with E-state index in [-0.39, 0.29) is 17.7 Å². The van der Waals surface area contributed by atoms with Crippen LogP contribution in [0.25, 0.3) is 0 Å². The van der Waals surface area contributed by atoms with E-state index in [9.17, 15) is 9.59 Å². The Balaban J connectivity index is 1.35. The molecule has 0 spiro atoms. The number of hydrogen-bond donors (Lipinski definition) is 1. The number of nitrogens with one attached hydrogen (secondary N) is 1. The second-order valence-electron chi connectivity index (χ2n) is 8.09. The number of hydrogen-bond acceptors (Lipinski definition) is 4. The van der Waals surface area contributed by atoms with Crippen LogP contribution in [-0.2, 0) is 9.53 Å². The monoisotopic (exact) mass is 407 g/mol. The average molecular weight is 408 g/mol. The number of benzene rings is 2. The number of carbonyl (C=O) groups excluding carboxylic acids is 2. The van der Waals surface area contributed by atoms with Crippen molar-refractivity contribution in [2.24, 2.45) is 5.92 Å². The lowest BCUT2D eigenvalue weighted by molar-refractivity contribution is -0.121. The minimum Gasteiger partial charge on any atom is -0.378 e. The molecule has 2 aromatic carbocycles. The van der Waals surface area contributed by atoms with Gasteiger partial charge in [0.05, 0.1) is 19.1 Å². The average Bonchev–Trinajstić information content (AvgIpc) is 2.80. The van der Waals surface area contributed by atoms with Gasteiger partial charge < -0.3 is 19.9 Å². The number of likely N-dealkylation sites (tertiary alicyclic amines) is 1. The van der Waals surface area contributed by atoms with Crippen LogP contribution in [0.15, 0.2) is 48.5 Å². The van der Waals surface area contributed by atoms with Gasteiger partial charge in [0.15, 0.2) is 0 Å². The van der Waals surface area contributed by atoms with Crippen molar-refractivity contribution >= 4 is 23.2 Å². The molecule has 2 heterocycles. The Morgan fingerprint density at radius 2 is 1.67 bits per heavy atom. The predicted molar refractivity (Wildman–Crippen MR) is 118 cm³/mol. The first-order valence-corrected chi connectivity index (χ1v) is 10.7. The molecule has 2 saturated heterocycles. The molecule has 6 nitrogen and oxygen atoms in total. The fraction of sp³-hybridized carbons (Fsp3) is 0.417. The van der Waals surface area contributed by atoms with E-state index < -0.39 is 0 Å². The number of morpholine rings is 1. The maximum Gasteiger partial charge on any atom is 0.253 e. The lowest BCUT2D eigenvalue weighted by Crippen LogP contribution is -2.43. The summed E-state index contributed by atoms with van der Waals surface area (Å²) >= 11 is 0. The summed E-state index contributed by atoms with van der Waals surface area (Å²) in [7, 11) is 0. The van der Waals surface area contributed by atoms with Crippen molar-refractivity contribution < 1.29 is 14.3 Å². The Hall–Kier alpha value is -2.86. The van der Waals surface area contributed by atoms with Crippen LogP contribution < -0.4 is 10.2 Å². The van der Waals surface area contributed by atoms with E-state index in [0.717, 1.165) is 56.1 Å². The second kappa shape index (κ2) is 9.30. The largest absolute Gasteiger partial charge is 0.378 e. The maximum atomic E-state index is 12.8. The van der Waals surface area contributed by atoms with Crippen LogP contribution in [-0.4, -0.2) is 56.1 Å². The van der Waals surface area contributed by atoms with Crippen LogP contribution in [0.2, 0.25) is 0 Å². The molecule has 2 fully saturated rings. The summed E-state index contributed by atoms with van der Waals surface area (Å²) in [5.41, 5.74) is 3.74. The Morgan fingerprint density at radius 3 is 2.37 bits per heavy atom. The molecule has 0 bridgehead atoms. The summed E-state index contributed by atoms with van der Waals surface area (Å²) in [6, 6.07) is 15.6. The number of piperidine rings is 1. The number of aryl methyl sites for hydroxylation is 1. The van der Waals surface area contributed by atoms with Crippen molar-refractivity contribution in [2.75, 3.05) is 49.6 Å². The molecule has 4 rings (SSSR count). The van der Waals surface area contributed by atoms with Gasteiger partial charge in [-0.25, -0.2) is 0 Å². The van der Waals surface area contributed by atoms with E-state index in [0.29, 0.717) is 18.7 Å². The zero-order valence-corrected chi connectivity index (χ0v) is 17.5. The van der Waals surface area contributed by atoms with Crippen molar-refractivity contribution in [3.05, 3.63) is 59.7 Å². The molecule has 1 unspecified atom stereocenters. The SMILES string of the molecule is Cc1ccc(C(=O)N2CCCC(C(=O)Nc3ccc(N4CCOCC4)cc3)C2)cc1. The zero-order chi connectivity index (χ0) is 20.9. The van der Waals surface area contributed by atoms with E-state index in [1.54, 1.807) is 4.90 Å². The normalized spacial score (nSPS) is 19.4. The van der Waals surface area contributed by atoms with Crippen molar-refractivity contribution in [1.29, 1.82) is 0 Å². The lowest BCUT2D eigenvalue weighted by atomic mass is 9.96. The topological polar surface area (TPSA) is 61.9 Å². The smallest absolute Gasteiger partial charge is 0.253 e. The third-order valence-corrected chi connectivity index (χ3v) is 5.89. The number of rotatable bonds is 4. The number of carbonyl (C=O) groups is 2. The molecule has 2 aliphatic rings. The summed E-state index contributed by atoms with van der Waals surface area (Å²) in [6.07, 6.45) is 1.64. The number of anilines is 2. The molecule has 0 saturated carbocycles. The third kappa shape index (κ3) is 4.82. The molecule has 0 aliphatic carbocycles. The molecule has 1 atom stereocenters. The van der Waals surface area contributed by atoms with Gasteiger partial charge in [-0.15, -0.1) is 0 Å². The van der Waals surface area contributed by atoms with E-state index in [1.807, 2.05) is 55.5 Å². The van der Waals surface area contributed by atoms with E-state index in [4.69, 9.17) is 4.74 Å². The highest BCUT2D eigenvalue weighted by atomic mass is 16.5. The molecule has 30 heavy (non-hydrogen) atoms. The standard InChI is InChI=1S/C24H29N3O3/c1-18-4-6-19(7-5-18)24(29)27-12-2-3-20(17-27)23(28)25-21-8-10-22(11-9-21)26-13-15-30-16-14-26/h4-11,20H,2-3,12-17H2,1H3,(H,25,28). The van der Waals surface area contributed by atoms with Crippen molar-refractivity contribution in [3.63, 3.8) is 0 Å². The highest BCUT2D eigenvalue weighted by molar-refractivity contribution is 5.96. The van der Waals surface area contributed by atoms with Crippen LogP contribution in [0, 0.1) is 12.8 Å². The van der Waals surface area contributed by atoms with Crippen molar-refractivity contribution in [1.82, 2.24) is 4.90 Å². The van der Waals surface area contributed by atoms with Gasteiger partial charge in [0.25, 0.3) is 5.91 Å². The van der Waals surface area contributed by atoms with E-state index in [1.165, 1.54) is 0 Å². The summed E-state index contributed by atoms with van der Waals surface area (Å²) in [6.45, 7) is 6.44. The molecule has 2 aromatic rings. The van der Waals surface area contributed by atoms with Crippen LogP contribution in [0.1, 0.15) is 28.8 Å². The zero-order valence-electron chi connectivity index (χ0n) is 17.5. The van der Waals surface area contributed by atoms with E-state index in [2.05, 4.69) is 10.2 Å². The number of ether oxygens (including phenoxy) is 1. The Morgan fingerprint density at radius 1 is 0.967 bits per heavy atom. The summed E-state index contributed by atoms with van der Waals surface area (Å²) in [5.74, 6) is -0.204. The number of nitrogens with zero attached hydrogens (tertiary/aromatic N) is 2. The van der Waals surface area contributed by atoms with Gasteiger partial charge in [-0.05, 0) is 56.2 Å². The molecular formula is C24H29N3O3. The van der Waals surface area contributed by atoms with Gasteiger partial charge in [0.1, 0.15) is 0 Å². The first kappa shape index (κ1) is 20.4. The molecule has 6 heteroatoms. The Labute approximate surface area is 177 Å². The van der Waals surface area contributed by atoms with Crippen molar-refractivity contribution in [2.45, 2.75) is 19.8 Å². The molecule has 0 radical (unpaired) electrons. The molecule has 1 N–H and O–H groups in total. The minimum atomic E-state index is -0.188. The van der Waals surface area contributed by atoms with Gasteiger partial charge in [0.2, 0.25) is 5.91 Å². The van der Waals surface area contributed by atoms with Crippen LogP contribution >= 0.6 is 0 Å². The van der Waals surface area contributed by atoms with Crippen LogP contribution in [0.3, 0.4) is 0 Å². The first-order valence-electron chi connectivity index (χ1n) is 10.7. The van der Waals surface area contributed by atoms with Crippen LogP contribution in [0.5, 0.6) is 0 Å². The van der Waals surface area contributed by atoms with Crippen molar-refractivity contribution in [3.8, 4) is 0 Å². The summed E-state index contributed by atoms with van der Waals surface area (Å²) in [4.78, 5) is 29.7.